The van der Waals surface area contributed by atoms with E-state index in [1.165, 1.54) is 0 Å². The van der Waals surface area contributed by atoms with Gasteiger partial charge in [-0.2, -0.15) is 11.8 Å². The second kappa shape index (κ2) is 4.16. The number of imidazole rings is 1. The molecule has 0 aliphatic carbocycles. The van der Waals surface area contributed by atoms with Gasteiger partial charge in [-0.15, -0.1) is 0 Å². The molecule has 0 unspecified atom stereocenters. The fourth-order valence-electron chi connectivity index (χ4n) is 0.884. The van der Waals surface area contributed by atoms with Crippen molar-refractivity contribution in [2.24, 2.45) is 0 Å². The molecule has 0 saturated heterocycles. The van der Waals surface area contributed by atoms with Gasteiger partial charge in [-0.3, -0.25) is 0 Å². The van der Waals surface area contributed by atoms with Crippen LogP contribution in [0.4, 0.5) is 0 Å². The first kappa shape index (κ1) is 9.13. The summed E-state index contributed by atoms with van der Waals surface area (Å²) in [5.74, 6) is 0.992. The van der Waals surface area contributed by atoms with Gasteiger partial charge >= 0.3 is 0 Å². The normalized spacial score (nSPS) is 10.5. The highest BCUT2D eigenvalue weighted by molar-refractivity contribution is 9.10. The van der Waals surface area contributed by atoms with E-state index in [0.29, 0.717) is 0 Å². The van der Waals surface area contributed by atoms with Crippen LogP contribution in [0.3, 0.4) is 0 Å². The van der Waals surface area contributed by atoms with Crippen LogP contribution in [0.15, 0.2) is 10.9 Å². The number of halogens is 1. The summed E-state index contributed by atoms with van der Waals surface area (Å²) in [5.41, 5.74) is 1.14. The van der Waals surface area contributed by atoms with Crippen LogP contribution < -0.4 is 0 Å². The van der Waals surface area contributed by atoms with Crippen molar-refractivity contribution < 1.29 is 0 Å². The summed E-state index contributed by atoms with van der Waals surface area (Å²) >= 11 is 5.18. The molecule has 0 aliphatic rings. The van der Waals surface area contributed by atoms with Crippen LogP contribution in [0.2, 0.25) is 0 Å². The zero-order valence-corrected chi connectivity index (χ0v) is 9.07. The predicted octanol–water partition coefficient (Wildman–Crippen LogP) is 2.53. The Hall–Kier alpha value is 0.0400. The molecule has 1 aromatic rings. The van der Waals surface area contributed by atoms with E-state index < -0.39 is 0 Å². The Labute approximate surface area is 79.5 Å². The monoisotopic (exact) mass is 234 g/mol. The summed E-state index contributed by atoms with van der Waals surface area (Å²) in [6.45, 7) is 3.08. The van der Waals surface area contributed by atoms with Crippen LogP contribution in [0.5, 0.6) is 0 Å². The van der Waals surface area contributed by atoms with Gasteiger partial charge in [0, 0.05) is 18.5 Å². The summed E-state index contributed by atoms with van der Waals surface area (Å²) < 4.78 is 3.02. The minimum Gasteiger partial charge on any atom is -0.326 e. The summed E-state index contributed by atoms with van der Waals surface area (Å²) in [5, 5.41) is 0. The highest BCUT2D eigenvalue weighted by Crippen LogP contribution is 2.13. The van der Waals surface area contributed by atoms with E-state index in [-0.39, 0.29) is 0 Å². The molecule has 0 amide bonds. The van der Waals surface area contributed by atoms with Gasteiger partial charge in [0.05, 0.1) is 5.69 Å². The third-order valence-corrected chi connectivity index (χ3v) is 2.63. The zero-order chi connectivity index (χ0) is 8.27. The number of aryl methyl sites for hydroxylation is 1. The minimum absolute atomic E-state index is 0.934. The molecule has 0 atom stereocenters. The third-order valence-electron chi connectivity index (χ3n) is 1.41. The van der Waals surface area contributed by atoms with E-state index in [0.717, 1.165) is 22.7 Å². The lowest BCUT2D eigenvalue weighted by Crippen LogP contribution is -1.90. The maximum Gasteiger partial charge on any atom is 0.177 e. The van der Waals surface area contributed by atoms with E-state index in [1.54, 1.807) is 11.8 Å². The van der Waals surface area contributed by atoms with Gasteiger partial charge in [-0.05, 0) is 29.1 Å². The fraction of sp³-hybridized carbons (Fsp3) is 0.571. The molecule has 0 spiro atoms. The Morgan fingerprint density at radius 2 is 2.45 bits per heavy atom. The molecule has 11 heavy (non-hydrogen) atoms. The van der Waals surface area contributed by atoms with Gasteiger partial charge in [0.2, 0.25) is 0 Å². The van der Waals surface area contributed by atoms with E-state index in [9.17, 15) is 0 Å². The number of hydrogen-bond acceptors (Lipinski definition) is 2. The summed E-state index contributed by atoms with van der Waals surface area (Å²) in [6, 6.07) is 0. The van der Waals surface area contributed by atoms with Crippen molar-refractivity contribution in [3.63, 3.8) is 0 Å². The third kappa shape index (κ3) is 2.24. The van der Waals surface area contributed by atoms with Gasteiger partial charge in [0.1, 0.15) is 0 Å². The fourth-order valence-corrected chi connectivity index (χ4v) is 1.90. The Morgan fingerprint density at radius 3 is 2.91 bits per heavy atom. The van der Waals surface area contributed by atoms with Gasteiger partial charge in [0.25, 0.3) is 0 Å². The van der Waals surface area contributed by atoms with E-state index in [2.05, 4.69) is 44.9 Å². The SMILES string of the molecule is CCn1cc(CSC)nc1Br. The second-order valence-electron chi connectivity index (χ2n) is 2.22. The Morgan fingerprint density at radius 1 is 1.73 bits per heavy atom. The first-order chi connectivity index (χ1) is 5.27. The summed E-state index contributed by atoms with van der Waals surface area (Å²) in [7, 11) is 0. The van der Waals surface area contributed by atoms with E-state index >= 15 is 0 Å². The molecule has 2 nitrogen and oxygen atoms in total. The topological polar surface area (TPSA) is 17.8 Å². The molecular formula is C7H11BrN2S. The molecule has 0 fully saturated rings. The molecule has 1 rings (SSSR count). The molecule has 0 aliphatic heterocycles. The van der Waals surface area contributed by atoms with Gasteiger partial charge in [-0.1, -0.05) is 0 Å². The molecule has 0 N–H and O–H groups in total. The quantitative estimate of drug-likeness (QED) is 0.801. The van der Waals surface area contributed by atoms with E-state index in [1.807, 2.05) is 0 Å². The minimum atomic E-state index is 0.934. The summed E-state index contributed by atoms with van der Waals surface area (Å²) in [4.78, 5) is 4.33. The van der Waals surface area contributed by atoms with Crippen molar-refractivity contribution in [3.05, 3.63) is 16.6 Å². The van der Waals surface area contributed by atoms with E-state index in [4.69, 9.17) is 0 Å². The van der Waals surface area contributed by atoms with Crippen molar-refractivity contribution in [2.45, 2.75) is 19.2 Å². The number of hydrogen-bond donors (Lipinski definition) is 0. The van der Waals surface area contributed by atoms with Crippen molar-refractivity contribution in [1.82, 2.24) is 9.55 Å². The lowest BCUT2D eigenvalue weighted by Gasteiger charge is -1.94. The smallest absolute Gasteiger partial charge is 0.177 e. The highest BCUT2D eigenvalue weighted by Gasteiger charge is 2.01. The largest absolute Gasteiger partial charge is 0.326 e. The number of nitrogens with zero attached hydrogens (tertiary/aromatic N) is 2. The van der Waals surface area contributed by atoms with Crippen molar-refractivity contribution in [1.29, 1.82) is 0 Å². The van der Waals surface area contributed by atoms with Crippen molar-refractivity contribution in [3.8, 4) is 0 Å². The Kier molecular flexibility index (Phi) is 3.45. The maximum absolute atomic E-state index is 4.33. The average Bonchev–Trinajstić information content (AvgIpc) is 2.32. The van der Waals surface area contributed by atoms with Gasteiger partial charge < -0.3 is 4.57 Å². The van der Waals surface area contributed by atoms with Gasteiger partial charge in [-0.25, -0.2) is 4.98 Å². The summed E-state index contributed by atoms with van der Waals surface area (Å²) in [6.07, 6.45) is 4.17. The average molecular weight is 235 g/mol. The second-order valence-corrected chi connectivity index (χ2v) is 3.80. The van der Waals surface area contributed by atoms with Crippen LogP contribution in [-0.2, 0) is 12.3 Å². The first-order valence-corrected chi connectivity index (χ1v) is 5.67. The van der Waals surface area contributed by atoms with Crippen molar-refractivity contribution >= 4 is 27.7 Å². The molecule has 0 radical (unpaired) electrons. The number of thioether (sulfide) groups is 1. The van der Waals surface area contributed by atoms with Crippen LogP contribution >= 0.6 is 27.7 Å². The standard InChI is InChI=1S/C7H11BrN2S/c1-3-10-4-6(5-11-2)9-7(10)8/h4H,3,5H2,1-2H3. The predicted molar refractivity (Wildman–Crippen MR) is 52.8 cm³/mol. The highest BCUT2D eigenvalue weighted by atomic mass is 79.9. The molecule has 4 heteroatoms. The number of rotatable bonds is 3. The Bertz CT molecular complexity index is 234. The maximum atomic E-state index is 4.33. The van der Waals surface area contributed by atoms with Gasteiger partial charge in [0.15, 0.2) is 4.73 Å². The Balaban J connectivity index is 2.77. The first-order valence-electron chi connectivity index (χ1n) is 3.48. The lowest BCUT2D eigenvalue weighted by molar-refractivity contribution is 0.741. The zero-order valence-electron chi connectivity index (χ0n) is 6.67. The molecule has 0 saturated carbocycles. The van der Waals surface area contributed by atoms with Crippen LogP contribution in [0.1, 0.15) is 12.6 Å². The molecular weight excluding hydrogens is 224 g/mol. The van der Waals surface area contributed by atoms with Crippen LogP contribution in [-0.4, -0.2) is 15.8 Å². The van der Waals surface area contributed by atoms with Crippen molar-refractivity contribution in [2.75, 3.05) is 6.26 Å². The molecule has 1 heterocycles. The molecule has 62 valence electrons. The molecule has 0 bridgehead atoms. The number of aromatic nitrogens is 2. The lowest BCUT2D eigenvalue weighted by atomic mass is 10.5. The van der Waals surface area contributed by atoms with Crippen LogP contribution in [0, 0.1) is 0 Å². The molecule has 0 aromatic carbocycles. The van der Waals surface area contributed by atoms with Crippen LogP contribution in [0.25, 0.3) is 0 Å². The molecule has 1 aromatic heterocycles.